The topological polar surface area (TPSA) is 23.8 Å². The number of halogens is 1. The lowest BCUT2D eigenvalue weighted by molar-refractivity contribution is 0.512. The van der Waals surface area contributed by atoms with E-state index in [1.165, 1.54) is 5.56 Å². The molecule has 1 aliphatic rings. The van der Waals surface area contributed by atoms with E-state index in [-0.39, 0.29) is 5.92 Å². The highest BCUT2D eigenvalue weighted by atomic mass is 79.9. The summed E-state index contributed by atoms with van der Waals surface area (Å²) in [7, 11) is 0. The van der Waals surface area contributed by atoms with Crippen molar-refractivity contribution in [3.63, 3.8) is 0 Å². The van der Waals surface area contributed by atoms with Gasteiger partial charge in [0.25, 0.3) is 0 Å². The highest BCUT2D eigenvalue weighted by Gasteiger charge is 2.36. The summed E-state index contributed by atoms with van der Waals surface area (Å²) < 4.78 is 0. The molecule has 1 aliphatic carbocycles. The maximum Gasteiger partial charge on any atom is 0.0955 e. The van der Waals surface area contributed by atoms with Gasteiger partial charge in [-0.3, -0.25) is 0 Å². The molecule has 1 aromatic carbocycles. The smallest absolute Gasteiger partial charge is 0.0955 e. The average Bonchev–Trinajstić information content (AvgIpc) is 2.39. The van der Waals surface area contributed by atoms with Gasteiger partial charge in [-0.2, -0.15) is 5.26 Å². The molecule has 16 heavy (non-hydrogen) atoms. The quantitative estimate of drug-likeness (QED) is 0.752. The second-order valence-corrected chi connectivity index (χ2v) is 4.48. The third-order valence-corrected chi connectivity index (χ3v) is 3.88. The summed E-state index contributed by atoms with van der Waals surface area (Å²) in [5, 5.41) is 10.1. The maximum atomic E-state index is 9.41. The van der Waals surface area contributed by atoms with Crippen LogP contribution in [0.3, 0.4) is 0 Å². The Balaban J connectivity index is 2.44. The second kappa shape index (κ2) is 4.67. The van der Waals surface area contributed by atoms with Gasteiger partial charge in [0.15, 0.2) is 0 Å². The summed E-state index contributed by atoms with van der Waals surface area (Å²) in [5.74, 6) is 0.128. The molecule has 2 atom stereocenters. The molecule has 0 spiro atoms. The molecule has 0 fully saturated rings. The normalized spacial score (nSPS) is 27.6. The molecule has 2 rings (SSSR count). The molecule has 80 valence electrons. The van der Waals surface area contributed by atoms with E-state index in [9.17, 15) is 5.26 Å². The molecule has 0 aliphatic heterocycles. The molecule has 0 N–H and O–H groups in total. The van der Waals surface area contributed by atoms with E-state index in [2.05, 4.69) is 40.2 Å². The Bertz CT molecular complexity index is 455. The van der Waals surface area contributed by atoms with Gasteiger partial charge in [0.2, 0.25) is 0 Å². The van der Waals surface area contributed by atoms with Gasteiger partial charge in [-0.1, -0.05) is 70.6 Å². The van der Waals surface area contributed by atoms with Gasteiger partial charge in [-0.15, -0.1) is 0 Å². The van der Waals surface area contributed by atoms with Gasteiger partial charge in [-0.25, -0.2) is 0 Å². The van der Waals surface area contributed by atoms with Crippen molar-refractivity contribution < 1.29 is 0 Å². The van der Waals surface area contributed by atoms with E-state index in [0.717, 1.165) is 0 Å². The Kier molecular flexibility index (Phi) is 3.26. The number of hydrogen-bond acceptors (Lipinski definition) is 1. The standard InChI is InChI=1S/C14H12BrN/c15-10-14(11-16)9-5-4-8-13(14)12-6-2-1-3-7-12/h1-9,13H,10H2. The van der Waals surface area contributed by atoms with Crippen LogP contribution in [0.1, 0.15) is 11.5 Å². The van der Waals surface area contributed by atoms with Crippen LogP contribution in [0.4, 0.5) is 0 Å². The lowest BCUT2D eigenvalue weighted by atomic mass is 9.72. The zero-order valence-corrected chi connectivity index (χ0v) is 10.4. The van der Waals surface area contributed by atoms with Crippen LogP contribution in [-0.2, 0) is 0 Å². The number of nitriles is 1. The molecule has 0 radical (unpaired) electrons. The maximum absolute atomic E-state index is 9.41. The van der Waals surface area contributed by atoms with Crippen molar-refractivity contribution in [2.45, 2.75) is 5.92 Å². The lowest BCUT2D eigenvalue weighted by Gasteiger charge is -2.31. The summed E-state index contributed by atoms with van der Waals surface area (Å²) in [6.45, 7) is 0. The molecule has 1 nitrogen and oxygen atoms in total. The van der Waals surface area contributed by atoms with Crippen LogP contribution in [0, 0.1) is 16.7 Å². The number of rotatable bonds is 2. The first-order valence-electron chi connectivity index (χ1n) is 5.20. The molecule has 0 heterocycles. The Morgan fingerprint density at radius 1 is 1.25 bits per heavy atom. The van der Waals surface area contributed by atoms with Crippen molar-refractivity contribution in [2.24, 2.45) is 5.41 Å². The SMILES string of the molecule is N#CC1(CBr)C=CC=CC1c1ccccc1. The number of allylic oxidation sites excluding steroid dienone is 4. The van der Waals surface area contributed by atoms with Crippen LogP contribution in [-0.4, -0.2) is 5.33 Å². The molecule has 2 unspecified atom stereocenters. The van der Waals surface area contributed by atoms with Crippen LogP contribution in [0.5, 0.6) is 0 Å². The zero-order chi connectivity index (χ0) is 11.4. The highest BCUT2D eigenvalue weighted by Crippen LogP contribution is 2.41. The molecule has 0 amide bonds. The second-order valence-electron chi connectivity index (χ2n) is 3.92. The van der Waals surface area contributed by atoms with E-state index in [1.807, 2.05) is 36.4 Å². The molecule has 0 saturated carbocycles. The fraction of sp³-hybridized carbons (Fsp3) is 0.214. The van der Waals surface area contributed by atoms with Crippen LogP contribution >= 0.6 is 15.9 Å². The van der Waals surface area contributed by atoms with E-state index in [1.54, 1.807) is 0 Å². The first kappa shape index (κ1) is 11.2. The molecule has 2 heteroatoms. The minimum Gasteiger partial charge on any atom is -0.197 e. The minimum absolute atomic E-state index is 0.128. The van der Waals surface area contributed by atoms with Crippen molar-refractivity contribution >= 4 is 15.9 Å². The van der Waals surface area contributed by atoms with Crippen molar-refractivity contribution in [3.8, 4) is 6.07 Å². The highest BCUT2D eigenvalue weighted by molar-refractivity contribution is 9.09. The first-order valence-corrected chi connectivity index (χ1v) is 6.33. The molecule has 1 aromatic rings. The van der Waals surface area contributed by atoms with Crippen LogP contribution in [0.15, 0.2) is 54.6 Å². The molecule has 0 bridgehead atoms. The van der Waals surface area contributed by atoms with Crippen LogP contribution in [0.25, 0.3) is 0 Å². The van der Waals surface area contributed by atoms with Crippen molar-refractivity contribution in [1.29, 1.82) is 5.26 Å². The molecular weight excluding hydrogens is 262 g/mol. The predicted octanol–water partition coefficient (Wildman–Crippen LogP) is 3.80. The fourth-order valence-corrected chi connectivity index (χ4v) is 2.67. The van der Waals surface area contributed by atoms with Gasteiger partial charge in [0.1, 0.15) is 0 Å². The number of alkyl halides is 1. The van der Waals surface area contributed by atoms with Crippen LogP contribution < -0.4 is 0 Å². The summed E-state index contributed by atoms with van der Waals surface area (Å²) in [6, 6.07) is 12.6. The van der Waals surface area contributed by atoms with Crippen LogP contribution in [0.2, 0.25) is 0 Å². The Morgan fingerprint density at radius 2 is 2.00 bits per heavy atom. The van der Waals surface area contributed by atoms with Crippen molar-refractivity contribution in [2.75, 3.05) is 5.33 Å². The van der Waals surface area contributed by atoms with Gasteiger partial charge in [-0.05, 0) is 5.56 Å². The molecule has 0 saturated heterocycles. The van der Waals surface area contributed by atoms with Gasteiger partial charge in [0, 0.05) is 11.2 Å². The summed E-state index contributed by atoms with van der Waals surface area (Å²) in [6.07, 6.45) is 8.04. The number of benzene rings is 1. The largest absolute Gasteiger partial charge is 0.197 e. The van der Waals surface area contributed by atoms with Gasteiger partial charge in [0.05, 0.1) is 11.5 Å². The minimum atomic E-state index is -0.462. The Hall–Kier alpha value is -1.33. The summed E-state index contributed by atoms with van der Waals surface area (Å²) in [5.41, 5.74) is 0.722. The fourth-order valence-electron chi connectivity index (χ4n) is 2.01. The first-order chi connectivity index (χ1) is 7.82. The lowest BCUT2D eigenvalue weighted by Crippen LogP contribution is -2.27. The van der Waals surface area contributed by atoms with E-state index in [0.29, 0.717) is 5.33 Å². The monoisotopic (exact) mass is 273 g/mol. The predicted molar refractivity (Wildman–Crippen MR) is 69.3 cm³/mol. The Morgan fingerprint density at radius 3 is 2.62 bits per heavy atom. The third-order valence-electron chi connectivity index (χ3n) is 2.95. The number of hydrogen-bond donors (Lipinski definition) is 0. The third kappa shape index (κ3) is 1.83. The van der Waals surface area contributed by atoms with E-state index in [4.69, 9.17) is 0 Å². The summed E-state index contributed by atoms with van der Waals surface area (Å²) in [4.78, 5) is 0. The number of nitrogens with zero attached hydrogens (tertiary/aromatic N) is 1. The van der Waals surface area contributed by atoms with Crippen molar-refractivity contribution in [3.05, 3.63) is 60.2 Å². The molecular formula is C14H12BrN. The van der Waals surface area contributed by atoms with Crippen molar-refractivity contribution in [1.82, 2.24) is 0 Å². The van der Waals surface area contributed by atoms with Gasteiger partial charge < -0.3 is 0 Å². The van der Waals surface area contributed by atoms with E-state index < -0.39 is 5.41 Å². The Labute approximate surface area is 104 Å². The molecule has 0 aromatic heterocycles. The van der Waals surface area contributed by atoms with Gasteiger partial charge >= 0.3 is 0 Å². The average molecular weight is 274 g/mol. The van der Waals surface area contributed by atoms with E-state index >= 15 is 0 Å². The summed E-state index contributed by atoms with van der Waals surface area (Å²) >= 11 is 3.46. The zero-order valence-electron chi connectivity index (χ0n) is 8.81.